The molecule has 0 atom stereocenters. The maximum absolute atomic E-state index is 13.6. The van der Waals surface area contributed by atoms with E-state index < -0.39 is 59.0 Å². The number of ether oxygens (including phenoxy) is 2. The van der Waals surface area contributed by atoms with Crippen LogP contribution >= 0.6 is 0 Å². The van der Waals surface area contributed by atoms with Gasteiger partial charge in [0, 0.05) is 0 Å². The second-order valence-electron chi connectivity index (χ2n) is 7.57. The third kappa shape index (κ3) is 5.33. The van der Waals surface area contributed by atoms with Crippen LogP contribution in [0.4, 0.5) is 26.7 Å². The zero-order valence-corrected chi connectivity index (χ0v) is 17.9. The highest BCUT2D eigenvalue weighted by Gasteiger charge is 2.29. The summed E-state index contributed by atoms with van der Waals surface area (Å²) in [5.41, 5.74) is 1.44. The highest BCUT2D eigenvalue weighted by molar-refractivity contribution is 5.79. The van der Waals surface area contributed by atoms with E-state index in [-0.39, 0.29) is 0 Å². The van der Waals surface area contributed by atoms with Crippen LogP contribution in [0.3, 0.4) is 0 Å². The molecule has 0 bridgehead atoms. The number of rotatable bonds is 6. The van der Waals surface area contributed by atoms with Crippen molar-refractivity contribution in [2.24, 2.45) is 0 Å². The Hall–Kier alpha value is -3.95. The Balaban J connectivity index is 1.60. The van der Waals surface area contributed by atoms with Crippen molar-refractivity contribution in [2.45, 2.75) is 19.4 Å². The highest BCUT2D eigenvalue weighted by Crippen LogP contribution is 2.30. The number of esters is 1. The first kappa shape index (κ1) is 24.7. The van der Waals surface area contributed by atoms with Gasteiger partial charge in [-0.1, -0.05) is 54.6 Å². The van der Waals surface area contributed by atoms with Crippen LogP contribution < -0.4 is 10.1 Å². The predicted molar refractivity (Wildman–Crippen MR) is 111 cm³/mol. The second-order valence-corrected chi connectivity index (χ2v) is 7.57. The quantitative estimate of drug-likeness (QED) is 0.164. The first-order valence-corrected chi connectivity index (χ1v) is 9.86. The summed E-state index contributed by atoms with van der Waals surface area (Å²) in [6, 6.07) is 16.8. The molecule has 1 amide bonds. The summed E-state index contributed by atoms with van der Waals surface area (Å²) >= 11 is 0. The summed E-state index contributed by atoms with van der Waals surface area (Å²) in [6.07, 6.45) is -1.08. The smallest absolute Gasteiger partial charge is 0.408 e. The van der Waals surface area contributed by atoms with E-state index in [4.69, 9.17) is 4.74 Å². The largest absolute Gasteiger partial charge is 0.439 e. The molecule has 0 aromatic heterocycles. The molecule has 0 fully saturated rings. The van der Waals surface area contributed by atoms with Crippen LogP contribution in [0.2, 0.25) is 0 Å². The van der Waals surface area contributed by atoms with Gasteiger partial charge in [-0.05, 0) is 30.5 Å². The van der Waals surface area contributed by atoms with Gasteiger partial charge >= 0.3 is 12.1 Å². The minimum absolute atomic E-state index is 0.631. The van der Waals surface area contributed by atoms with Crippen LogP contribution in [0.15, 0.2) is 54.6 Å². The monoisotopic (exact) mass is 479 g/mol. The number of benzene rings is 3. The number of nitrogens with one attached hydrogen (secondary N) is 1. The lowest BCUT2D eigenvalue weighted by Gasteiger charge is -2.26. The van der Waals surface area contributed by atoms with Gasteiger partial charge < -0.3 is 14.8 Å². The van der Waals surface area contributed by atoms with Crippen LogP contribution in [-0.2, 0) is 15.1 Å². The van der Waals surface area contributed by atoms with Crippen molar-refractivity contribution < 1.29 is 41.0 Å². The molecule has 0 saturated heterocycles. The van der Waals surface area contributed by atoms with Crippen LogP contribution in [0, 0.1) is 29.1 Å². The van der Waals surface area contributed by atoms with Gasteiger partial charge in [0.05, 0.1) is 0 Å². The van der Waals surface area contributed by atoms with Gasteiger partial charge in [0.2, 0.25) is 34.8 Å². The van der Waals surface area contributed by atoms with Crippen molar-refractivity contribution in [3.8, 4) is 16.9 Å². The minimum atomic E-state index is -2.39. The van der Waals surface area contributed by atoms with E-state index in [2.05, 4.69) is 4.74 Å². The lowest BCUT2D eigenvalue weighted by molar-refractivity contribution is -0.133. The Morgan fingerprint density at radius 2 is 1.26 bits per heavy atom. The van der Waals surface area contributed by atoms with Crippen molar-refractivity contribution in [1.29, 1.82) is 0 Å². The average molecular weight is 479 g/mol. The van der Waals surface area contributed by atoms with E-state index >= 15 is 0 Å². The number of hydrogen-bond donors (Lipinski definition) is 1. The van der Waals surface area contributed by atoms with Crippen LogP contribution in [0.5, 0.6) is 5.75 Å². The summed E-state index contributed by atoms with van der Waals surface area (Å²) in [5, 5.41) is 2.00. The van der Waals surface area contributed by atoms with Crippen LogP contribution in [0.1, 0.15) is 19.4 Å². The number of carbonyl (C=O) groups is 2. The maximum atomic E-state index is 13.6. The van der Waals surface area contributed by atoms with Gasteiger partial charge in [0.1, 0.15) is 12.1 Å². The number of carbonyl (C=O) groups excluding carboxylic acids is 2. The first-order chi connectivity index (χ1) is 16.0. The summed E-state index contributed by atoms with van der Waals surface area (Å²) in [4.78, 5) is 23.9. The van der Waals surface area contributed by atoms with E-state index in [1.165, 1.54) is 0 Å². The Morgan fingerprint density at radius 3 is 1.82 bits per heavy atom. The van der Waals surface area contributed by atoms with E-state index in [0.29, 0.717) is 5.56 Å². The molecule has 0 aliphatic carbocycles. The molecule has 0 unspecified atom stereocenters. The third-order valence-corrected chi connectivity index (χ3v) is 4.80. The summed E-state index contributed by atoms with van der Waals surface area (Å²) in [5.74, 6) is -14.8. The normalized spacial score (nSPS) is 11.1. The van der Waals surface area contributed by atoms with Gasteiger partial charge in [0.15, 0.2) is 0 Å². The molecule has 34 heavy (non-hydrogen) atoms. The highest BCUT2D eigenvalue weighted by atomic mass is 19.2. The van der Waals surface area contributed by atoms with E-state index in [9.17, 15) is 31.5 Å². The fourth-order valence-electron chi connectivity index (χ4n) is 2.99. The second kappa shape index (κ2) is 9.90. The van der Waals surface area contributed by atoms with E-state index in [1.807, 2.05) is 47.8 Å². The van der Waals surface area contributed by atoms with Crippen LogP contribution in [-0.4, -0.2) is 18.6 Å². The van der Waals surface area contributed by atoms with Gasteiger partial charge in [-0.15, -0.1) is 0 Å². The van der Waals surface area contributed by atoms with Crippen molar-refractivity contribution in [3.05, 3.63) is 89.2 Å². The maximum Gasteiger partial charge on any atom is 0.408 e. The number of halogens is 5. The fourth-order valence-corrected chi connectivity index (χ4v) is 2.99. The lowest BCUT2D eigenvalue weighted by Crippen LogP contribution is -2.37. The molecule has 3 rings (SSSR count). The van der Waals surface area contributed by atoms with Crippen molar-refractivity contribution in [2.75, 3.05) is 6.54 Å². The zero-order valence-electron chi connectivity index (χ0n) is 17.9. The topological polar surface area (TPSA) is 64.6 Å². The number of alkyl carbamates (subject to hydrolysis) is 1. The average Bonchev–Trinajstić information content (AvgIpc) is 2.83. The molecule has 3 aromatic rings. The molecular weight excluding hydrogens is 461 g/mol. The molecule has 178 valence electrons. The first-order valence-electron chi connectivity index (χ1n) is 9.86. The molecule has 0 radical (unpaired) electrons. The van der Waals surface area contributed by atoms with Crippen molar-refractivity contribution in [3.63, 3.8) is 0 Å². The molecule has 0 aliphatic heterocycles. The molecule has 1 N–H and O–H groups in total. The predicted octanol–water partition coefficient (Wildman–Crippen LogP) is 5.62. The molecule has 5 nitrogen and oxygen atoms in total. The van der Waals surface area contributed by atoms with Crippen molar-refractivity contribution in [1.82, 2.24) is 5.32 Å². The number of hydrogen-bond acceptors (Lipinski definition) is 4. The Bertz CT molecular complexity index is 1190. The Morgan fingerprint density at radius 1 is 0.765 bits per heavy atom. The molecule has 3 aromatic carbocycles. The third-order valence-electron chi connectivity index (χ3n) is 4.80. The zero-order chi connectivity index (χ0) is 25.0. The van der Waals surface area contributed by atoms with Crippen LogP contribution in [0.25, 0.3) is 11.1 Å². The molecule has 0 heterocycles. The Kier molecular flexibility index (Phi) is 7.19. The lowest BCUT2D eigenvalue weighted by atomic mass is 9.95. The van der Waals surface area contributed by atoms with Crippen molar-refractivity contribution >= 4 is 12.1 Å². The van der Waals surface area contributed by atoms with E-state index in [1.54, 1.807) is 26.0 Å². The minimum Gasteiger partial charge on any atom is -0.439 e. The van der Waals surface area contributed by atoms with Gasteiger partial charge in [0.25, 0.3) is 0 Å². The molecule has 0 spiro atoms. The standard InChI is InChI=1S/C24H18F5NO4/c1-24(2,15-10-8-14(9-11-15)13-6-4-3-5-7-13)34-23(32)30-12-16(31)33-22-20(28)18(26)17(25)19(27)21(22)29/h3-11H,12H2,1-2H3,(H,30,32). The molecule has 10 heteroatoms. The van der Waals surface area contributed by atoms with Gasteiger partial charge in [-0.2, -0.15) is 8.78 Å². The SMILES string of the molecule is CC(C)(OC(=O)NCC(=O)Oc1c(F)c(F)c(F)c(F)c1F)c1ccc(-c2ccccc2)cc1. The number of amides is 1. The van der Waals surface area contributed by atoms with Gasteiger partial charge in [-0.3, -0.25) is 0 Å². The summed E-state index contributed by atoms with van der Waals surface area (Å²) in [7, 11) is 0. The molecular formula is C24H18F5NO4. The molecule has 0 saturated carbocycles. The Labute approximate surface area is 191 Å². The molecule has 0 aliphatic rings. The van der Waals surface area contributed by atoms with Gasteiger partial charge in [-0.25, -0.2) is 22.8 Å². The summed E-state index contributed by atoms with van der Waals surface area (Å²) in [6.45, 7) is 2.23. The van der Waals surface area contributed by atoms with E-state index in [0.717, 1.165) is 11.1 Å². The summed E-state index contributed by atoms with van der Waals surface area (Å²) < 4.78 is 76.1. The fraction of sp³-hybridized carbons (Fsp3) is 0.167.